The Morgan fingerprint density at radius 2 is 2.09 bits per heavy atom. The number of benzene rings is 1. The Bertz CT molecular complexity index is 516. The minimum atomic E-state index is -0.349. The Kier molecular flexibility index (Phi) is 6.59. The maximum atomic E-state index is 12.1. The van der Waals surface area contributed by atoms with E-state index in [0.717, 1.165) is 25.9 Å². The molecule has 2 N–H and O–H groups in total. The van der Waals surface area contributed by atoms with Gasteiger partial charge in [-0.05, 0) is 38.8 Å². The second-order valence-electron chi connectivity index (χ2n) is 6.36. The molecule has 0 aromatic heterocycles. The van der Waals surface area contributed by atoms with E-state index in [9.17, 15) is 9.59 Å². The molecule has 1 saturated heterocycles. The second kappa shape index (κ2) is 8.67. The number of aryl methyl sites for hydroxylation is 1. The third-order valence-electron chi connectivity index (χ3n) is 4.02. The molecule has 2 rings (SSSR count). The van der Waals surface area contributed by atoms with Crippen LogP contribution in [0.2, 0.25) is 0 Å². The van der Waals surface area contributed by atoms with Crippen molar-refractivity contribution in [2.45, 2.75) is 45.2 Å². The van der Waals surface area contributed by atoms with E-state index in [0.29, 0.717) is 6.54 Å². The minimum Gasteiger partial charge on any atom is -0.354 e. The summed E-state index contributed by atoms with van der Waals surface area (Å²) in [5.41, 5.74) is 1.31. The van der Waals surface area contributed by atoms with Crippen LogP contribution in [0, 0.1) is 0 Å². The molecule has 23 heavy (non-hydrogen) atoms. The van der Waals surface area contributed by atoms with Crippen LogP contribution in [0.1, 0.15) is 32.3 Å². The van der Waals surface area contributed by atoms with E-state index in [1.807, 2.05) is 32.0 Å². The van der Waals surface area contributed by atoms with Gasteiger partial charge in [0.05, 0.1) is 12.5 Å². The predicted molar refractivity (Wildman–Crippen MR) is 91.0 cm³/mol. The van der Waals surface area contributed by atoms with Gasteiger partial charge in [-0.25, -0.2) is 0 Å². The normalized spacial score (nSPS) is 18.7. The average molecular weight is 317 g/mol. The van der Waals surface area contributed by atoms with E-state index < -0.39 is 0 Å². The van der Waals surface area contributed by atoms with Crippen molar-refractivity contribution in [2.24, 2.45) is 0 Å². The highest BCUT2D eigenvalue weighted by Gasteiger charge is 2.31. The maximum absolute atomic E-state index is 12.1. The summed E-state index contributed by atoms with van der Waals surface area (Å²) in [5.74, 6) is -0.0926. The van der Waals surface area contributed by atoms with Crippen LogP contribution in [0.5, 0.6) is 0 Å². The SMILES string of the molecule is CC(C)NC(=O)CC1C(=O)NCCN1CCCc1ccccc1. The van der Waals surface area contributed by atoms with E-state index in [4.69, 9.17) is 0 Å². The number of nitrogens with zero attached hydrogens (tertiary/aromatic N) is 1. The van der Waals surface area contributed by atoms with Crippen LogP contribution < -0.4 is 10.6 Å². The molecule has 0 bridgehead atoms. The largest absolute Gasteiger partial charge is 0.354 e. The number of nitrogens with one attached hydrogen (secondary N) is 2. The van der Waals surface area contributed by atoms with Crippen LogP contribution >= 0.6 is 0 Å². The molecule has 0 radical (unpaired) electrons. The maximum Gasteiger partial charge on any atom is 0.237 e. The number of carbonyl (C=O) groups excluding carboxylic acids is 2. The zero-order valence-corrected chi connectivity index (χ0v) is 14.0. The van der Waals surface area contributed by atoms with Gasteiger partial charge in [0.1, 0.15) is 0 Å². The number of hydrogen-bond donors (Lipinski definition) is 2. The zero-order valence-electron chi connectivity index (χ0n) is 14.0. The Hall–Kier alpha value is -1.88. The molecule has 2 amide bonds. The van der Waals surface area contributed by atoms with Crippen LogP contribution in [0.3, 0.4) is 0 Å². The first kappa shape index (κ1) is 17.5. The fourth-order valence-electron chi connectivity index (χ4n) is 2.94. The van der Waals surface area contributed by atoms with Crippen LogP contribution in [0.4, 0.5) is 0 Å². The summed E-state index contributed by atoms with van der Waals surface area (Å²) in [6, 6.07) is 10.1. The first-order valence-electron chi connectivity index (χ1n) is 8.41. The fraction of sp³-hybridized carbons (Fsp3) is 0.556. The summed E-state index contributed by atoms with van der Waals surface area (Å²) in [6.07, 6.45) is 2.21. The number of hydrogen-bond acceptors (Lipinski definition) is 3. The molecule has 0 saturated carbocycles. The van der Waals surface area contributed by atoms with Crippen LogP contribution in [-0.2, 0) is 16.0 Å². The molecule has 1 aliphatic rings. The summed E-state index contributed by atoms with van der Waals surface area (Å²) in [4.78, 5) is 26.3. The van der Waals surface area contributed by atoms with Gasteiger partial charge in [-0.1, -0.05) is 30.3 Å². The van der Waals surface area contributed by atoms with Crippen molar-refractivity contribution in [2.75, 3.05) is 19.6 Å². The number of piperazine rings is 1. The smallest absolute Gasteiger partial charge is 0.237 e. The lowest BCUT2D eigenvalue weighted by molar-refractivity contribution is -0.134. The molecule has 1 fully saturated rings. The van der Waals surface area contributed by atoms with Gasteiger partial charge in [-0.2, -0.15) is 0 Å². The first-order valence-corrected chi connectivity index (χ1v) is 8.41. The van der Waals surface area contributed by atoms with Crippen molar-refractivity contribution < 1.29 is 9.59 Å². The molecule has 1 aliphatic heterocycles. The van der Waals surface area contributed by atoms with Gasteiger partial charge in [-0.15, -0.1) is 0 Å². The summed E-state index contributed by atoms with van der Waals surface area (Å²) in [5, 5.41) is 5.74. The van der Waals surface area contributed by atoms with Crippen molar-refractivity contribution in [3.05, 3.63) is 35.9 Å². The molecule has 5 nitrogen and oxygen atoms in total. The lowest BCUT2D eigenvalue weighted by Crippen LogP contribution is -2.56. The highest BCUT2D eigenvalue weighted by atomic mass is 16.2. The van der Waals surface area contributed by atoms with Crippen molar-refractivity contribution in [3.8, 4) is 0 Å². The van der Waals surface area contributed by atoms with Crippen LogP contribution in [0.15, 0.2) is 30.3 Å². The number of carbonyl (C=O) groups is 2. The monoisotopic (exact) mass is 317 g/mol. The standard InChI is InChI=1S/C18H27N3O2/c1-14(2)20-17(22)13-16-18(23)19-10-12-21(16)11-6-9-15-7-4-3-5-8-15/h3-5,7-8,14,16H,6,9-13H2,1-2H3,(H,19,23)(H,20,22). The van der Waals surface area contributed by atoms with Crippen LogP contribution in [-0.4, -0.2) is 48.4 Å². The Morgan fingerprint density at radius 1 is 1.35 bits per heavy atom. The fourth-order valence-corrected chi connectivity index (χ4v) is 2.94. The molecular formula is C18H27N3O2. The lowest BCUT2D eigenvalue weighted by atomic mass is 10.1. The summed E-state index contributed by atoms with van der Waals surface area (Å²) in [7, 11) is 0. The van der Waals surface area contributed by atoms with Crippen molar-refractivity contribution in [3.63, 3.8) is 0 Å². The quantitative estimate of drug-likeness (QED) is 0.798. The Balaban J connectivity index is 1.86. The average Bonchev–Trinajstić information content (AvgIpc) is 2.51. The van der Waals surface area contributed by atoms with Crippen LogP contribution in [0.25, 0.3) is 0 Å². The van der Waals surface area contributed by atoms with Gasteiger partial charge < -0.3 is 10.6 Å². The molecule has 126 valence electrons. The molecule has 1 unspecified atom stereocenters. The van der Waals surface area contributed by atoms with Gasteiger partial charge in [0.2, 0.25) is 11.8 Å². The van der Waals surface area contributed by atoms with E-state index in [-0.39, 0.29) is 30.3 Å². The summed E-state index contributed by atoms with van der Waals surface area (Å²) in [6.45, 7) is 6.15. The van der Waals surface area contributed by atoms with Crippen molar-refractivity contribution >= 4 is 11.8 Å². The third kappa shape index (κ3) is 5.67. The Morgan fingerprint density at radius 3 is 2.78 bits per heavy atom. The highest BCUT2D eigenvalue weighted by Crippen LogP contribution is 2.11. The number of amides is 2. The molecule has 1 aromatic rings. The first-order chi connectivity index (χ1) is 11.1. The van der Waals surface area contributed by atoms with Crippen molar-refractivity contribution in [1.82, 2.24) is 15.5 Å². The van der Waals surface area contributed by atoms with Gasteiger partial charge in [0.25, 0.3) is 0 Å². The summed E-state index contributed by atoms with van der Waals surface area (Å²) < 4.78 is 0. The molecule has 5 heteroatoms. The van der Waals surface area contributed by atoms with E-state index in [2.05, 4.69) is 27.7 Å². The number of rotatable bonds is 7. The van der Waals surface area contributed by atoms with Gasteiger partial charge in [0, 0.05) is 19.1 Å². The van der Waals surface area contributed by atoms with Gasteiger partial charge in [-0.3, -0.25) is 14.5 Å². The van der Waals surface area contributed by atoms with E-state index in [1.54, 1.807) is 0 Å². The predicted octanol–water partition coefficient (Wildman–Crippen LogP) is 1.33. The molecule has 1 atom stereocenters. The second-order valence-corrected chi connectivity index (χ2v) is 6.36. The Labute approximate surface area is 138 Å². The van der Waals surface area contributed by atoms with E-state index >= 15 is 0 Å². The van der Waals surface area contributed by atoms with Gasteiger partial charge >= 0.3 is 0 Å². The van der Waals surface area contributed by atoms with Gasteiger partial charge in [0.15, 0.2) is 0 Å². The molecule has 1 aromatic carbocycles. The molecule has 1 heterocycles. The molecule has 0 spiro atoms. The third-order valence-corrected chi connectivity index (χ3v) is 4.02. The minimum absolute atomic E-state index is 0.0325. The summed E-state index contributed by atoms with van der Waals surface area (Å²) >= 11 is 0. The topological polar surface area (TPSA) is 61.4 Å². The molecular weight excluding hydrogens is 290 g/mol. The molecule has 0 aliphatic carbocycles. The highest BCUT2D eigenvalue weighted by molar-refractivity contribution is 5.88. The lowest BCUT2D eigenvalue weighted by Gasteiger charge is -2.34. The van der Waals surface area contributed by atoms with Crippen molar-refractivity contribution in [1.29, 1.82) is 0 Å². The van der Waals surface area contributed by atoms with E-state index in [1.165, 1.54) is 5.56 Å². The zero-order chi connectivity index (χ0) is 16.7.